The van der Waals surface area contributed by atoms with Crippen LogP contribution in [0, 0.1) is 18.3 Å². The van der Waals surface area contributed by atoms with Crippen LogP contribution in [0.1, 0.15) is 35.4 Å². The number of ether oxygens (including phenoxy) is 2. The number of hydrogen-bond acceptors (Lipinski definition) is 8. The molecular weight excluding hydrogens is 426 g/mol. The molecule has 1 aliphatic heterocycles. The highest BCUT2D eigenvalue weighted by atomic mass is 32.2. The maximum absolute atomic E-state index is 12.1. The second-order valence-electron chi connectivity index (χ2n) is 8.13. The average Bonchev–Trinajstić information content (AvgIpc) is 2.74. The summed E-state index contributed by atoms with van der Waals surface area (Å²) in [5.41, 5.74) is 4.33. The summed E-state index contributed by atoms with van der Waals surface area (Å²) < 4.78 is 28.0. The molecule has 8 nitrogen and oxygen atoms in total. The van der Waals surface area contributed by atoms with Crippen molar-refractivity contribution in [2.24, 2.45) is 4.36 Å². The van der Waals surface area contributed by atoms with Gasteiger partial charge in [0.25, 0.3) is 0 Å². The van der Waals surface area contributed by atoms with E-state index in [1.165, 1.54) is 6.33 Å². The first-order valence-electron chi connectivity index (χ1n) is 10.4. The molecule has 1 aromatic carbocycles. The zero-order chi connectivity index (χ0) is 22.7. The molecule has 32 heavy (non-hydrogen) atoms. The maximum atomic E-state index is 12.1. The van der Waals surface area contributed by atoms with Crippen LogP contribution in [-0.4, -0.2) is 51.0 Å². The summed E-state index contributed by atoms with van der Waals surface area (Å²) >= 11 is 0. The summed E-state index contributed by atoms with van der Waals surface area (Å²) in [6, 6.07) is 9.38. The van der Waals surface area contributed by atoms with Crippen molar-refractivity contribution in [1.29, 1.82) is 5.26 Å². The van der Waals surface area contributed by atoms with Gasteiger partial charge in [0.05, 0.1) is 30.1 Å². The lowest BCUT2D eigenvalue weighted by atomic mass is 10.0. The molecule has 0 unspecified atom stereocenters. The van der Waals surface area contributed by atoms with Crippen LogP contribution in [0.2, 0.25) is 0 Å². The first-order valence-corrected chi connectivity index (χ1v) is 12.7. The number of nitriles is 1. The highest BCUT2D eigenvalue weighted by molar-refractivity contribution is 7.92. The van der Waals surface area contributed by atoms with Gasteiger partial charge in [0.15, 0.2) is 0 Å². The summed E-state index contributed by atoms with van der Waals surface area (Å²) in [6.07, 6.45) is 6.80. The Balaban J connectivity index is 1.73. The van der Waals surface area contributed by atoms with Gasteiger partial charge in [0, 0.05) is 52.5 Å². The number of aromatic nitrogens is 3. The average molecular weight is 452 g/mol. The number of rotatable bonds is 5. The summed E-state index contributed by atoms with van der Waals surface area (Å²) in [6.45, 7) is 3.28. The van der Waals surface area contributed by atoms with Crippen molar-refractivity contribution in [3.8, 4) is 11.9 Å². The van der Waals surface area contributed by atoms with Gasteiger partial charge >= 0.3 is 0 Å². The Kier molecular flexibility index (Phi) is 6.35. The van der Waals surface area contributed by atoms with Crippen LogP contribution in [0.15, 0.2) is 35.0 Å². The van der Waals surface area contributed by atoms with Gasteiger partial charge in [-0.1, -0.05) is 6.07 Å². The van der Waals surface area contributed by atoms with Gasteiger partial charge in [-0.05, 0) is 30.7 Å². The van der Waals surface area contributed by atoms with Crippen molar-refractivity contribution in [2.45, 2.75) is 32.3 Å². The van der Waals surface area contributed by atoms with Gasteiger partial charge in [0.2, 0.25) is 5.88 Å². The molecule has 1 aliphatic rings. The summed E-state index contributed by atoms with van der Waals surface area (Å²) in [7, 11) is -2.28. The van der Waals surface area contributed by atoms with Crippen LogP contribution in [0.3, 0.4) is 0 Å². The van der Waals surface area contributed by atoms with Crippen LogP contribution < -0.4 is 4.74 Å². The predicted molar refractivity (Wildman–Crippen MR) is 123 cm³/mol. The monoisotopic (exact) mass is 451 g/mol. The fraction of sp³-hybridized carbons (Fsp3) is 0.391. The fourth-order valence-corrected chi connectivity index (χ4v) is 4.41. The minimum Gasteiger partial charge on any atom is -0.474 e. The number of benzene rings is 1. The molecule has 0 aliphatic carbocycles. The number of nitrogens with zero attached hydrogens (tertiary/aromatic N) is 5. The first kappa shape index (κ1) is 22.1. The van der Waals surface area contributed by atoms with E-state index in [4.69, 9.17) is 9.47 Å². The van der Waals surface area contributed by atoms with Crippen molar-refractivity contribution in [1.82, 2.24) is 15.0 Å². The highest BCUT2D eigenvalue weighted by Crippen LogP contribution is 2.30. The highest BCUT2D eigenvalue weighted by Gasteiger charge is 2.19. The summed E-state index contributed by atoms with van der Waals surface area (Å²) in [5.74, 6) is 0.462. The molecule has 1 fully saturated rings. The molecular formula is C23H25N5O3S. The molecule has 0 saturated carbocycles. The number of hydrogen-bond donors (Lipinski definition) is 0. The topological polar surface area (TPSA) is 110 Å². The number of aryl methyl sites for hydroxylation is 1. The first-order chi connectivity index (χ1) is 15.3. The SMILES string of the molecule is Cc1cc(N=S(C)(C)=O)cc2ncnc(Cc3ccc(C#N)nc3OC3CCOCC3)c12. The molecule has 0 bridgehead atoms. The van der Waals surface area contributed by atoms with Gasteiger partial charge in [-0.3, -0.25) is 0 Å². The minimum absolute atomic E-state index is 0.00920. The van der Waals surface area contributed by atoms with Crippen molar-refractivity contribution in [3.63, 3.8) is 0 Å². The van der Waals surface area contributed by atoms with Crippen molar-refractivity contribution in [3.05, 3.63) is 53.1 Å². The molecule has 3 aromatic rings. The lowest BCUT2D eigenvalue weighted by molar-refractivity contribution is 0.0233. The van der Waals surface area contributed by atoms with Gasteiger partial charge in [-0.15, -0.1) is 0 Å². The zero-order valence-corrected chi connectivity index (χ0v) is 19.2. The third-order valence-electron chi connectivity index (χ3n) is 5.18. The Morgan fingerprint density at radius 1 is 1.25 bits per heavy atom. The Labute approximate surface area is 187 Å². The third-order valence-corrected chi connectivity index (χ3v) is 5.83. The molecule has 3 heterocycles. The Hall–Kier alpha value is -3.09. The molecule has 1 saturated heterocycles. The number of pyridine rings is 1. The largest absolute Gasteiger partial charge is 0.474 e. The van der Waals surface area contributed by atoms with E-state index in [0.29, 0.717) is 36.9 Å². The summed E-state index contributed by atoms with van der Waals surface area (Å²) in [5, 5.41) is 10.2. The Morgan fingerprint density at radius 2 is 2.03 bits per heavy atom. The quantitative estimate of drug-likeness (QED) is 0.581. The van der Waals surface area contributed by atoms with E-state index in [1.807, 2.05) is 25.1 Å². The second-order valence-corrected chi connectivity index (χ2v) is 10.7. The zero-order valence-electron chi connectivity index (χ0n) is 18.4. The molecule has 166 valence electrons. The van der Waals surface area contributed by atoms with Gasteiger partial charge in [-0.25, -0.2) is 19.2 Å². The molecule has 0 atom stereocenters. The standard InChI is InChI=1S/C23H25N5O3S/c1-15-10-18(28-32(2,3)29)12-21-22(15)20(25-14-26-21)11-16-4-5-17(13-24)27-23(16)31-19-6-8-30-9-7-19/h4-5,10,12,14,19H,6-9,11H2,1-3H3. The molecule has 0 radical (unpaired) electrons. The minimum atomic E-state index is -2.28. The molecule has 0 amide bonds. The van der Waals surface area contributed by atoms with Crippen LogP contribution >= 0.6 is 0 Å². The van der Waals surface area contributed by atoms with Crippen LogP contribution in [0.4, 0.5) is 5.69 Å². The van der Waals surface area contributed by atoms with Crippen molar-refractivity contribution < 1.29 is 13.7 Å². The second kappa shape index (κ2) is 9.18. The van der Waals surface area contributed by atoms with E-state index in [2.05, 4.69) is 25.4 Å². The van der Waals surface area contributed by atoms with Crippen LogP contribution in [-0.2, 0) is 20.9 Å². The lowest BCUT2D eigenvalue weighted by Crippen LogP contribution is -2.26. The van der Waals surface area contributed by atoms with Crippen LogP contribution in [0.5, 0.6) is 5.88 Å². The van der Waals surface area contributed by atoms with E-state index >= 15 is 0 Å². The number of fused-ring (bicyclic) bond motifs is 1. The van der Waals surface area contributed by atoms with E-state index in [-0.39, 0.29) is 6.10 Å². The smallest absolute Gasteiger partial charge is 0.218 e. The van der Waals surface area contributed by atoms with Gasteiger partial charge in [-0.2, -0.15) is 9.62 Å². The lowest BCUT2D eigenvalue weighted by Gasteiger charge is -2.24. The summed E-state index contributed by atoms with van der Waals surface area (Å²) in [4.78, 5) is 13.4. The van der Waals surface area contributed by atoms with Crippen molar-refractivity contribution in [2.75, 3.05) is 25.7 Å². The molecule has 9 heteroatoms. The van der Waals surface area contributed by atoms with E-state index in [9.17, 15) is 9.47 Å². The Bertz CT molecular complexity index is 1310. The van der Waals surface area contributed by atoms with E-state index < -0.39 is 9.73 Å². The normalized spacial score (nSPS) is 14.8. The van der Waals surface area contributed by atoms with E-state index in [0.717, 1.165) is 40.6 Å². The predicted octanol–water partition coefficient (Wildman–Crippen LogP) is 3.71. The van der Waals surface area contributed by atoms with Crippen LogP contribution in [0.25, 0.3) is 10.9 Å². The molecule has 4 rings (SSSR count). The van der Waals surface area contributed by atoms with E-state index in [1.54, 1.807) is 18.6 Å². The Morgan fingerprint density at radius 3 is 2.75 bits per heavy atom. The molecule has 0 spiro atoms. The fourth-order valence-electron chi connectivity index (χ4n) is 3.79. The third kappa shape index (κ3) is 5.21. The molecule has 0 N–H and O–H groups in total. The molecule has 2 aromatic heterocycles. The van der Waals surface area contributed by atoms with Gasteiger partial charge in [0.1, 0.15) is 24.2 Å². The maximum Gasteiger partial charge on any atom is 0.218 e. The van der Waals surface area contributed by atoms with Crippen molar-refractivity contribution >= 4 is 26.3 Å². The van der Waals surface area contributed by atoms with Gasteiger partial charge < -0.3 is 9.47 Å².